The maximum atomic E-state index is 11.9. The number of hydrogen-bond donors (Lipinski definition) is 2. The van der Waals surface area contributed by atoms with Gasteiger partial charge in [0.1, 0.15) is 5.54 Å². The Hall–Kier alpha value is -1.53. The van der Waals surface area contributed by atoms with Gasteiger partial charge in [-0.25, -0.2) is 9.97 Å². The minimum atomic E-state index is -0.864. The van der Waals surface area contributed by atoms with E-state index in [1.165, 1.54) is 0 Å². The molecule has 1 aromatic heterocycles. The summed E-state index contributed by atoms with van der Waals surface area (Å²) in [5.74, 6) is 0.0332. The Morgan fingerprint density at radius 3 is 2.62 bits per heavy atom. The molecule has 2 rings (SSSR count). The number of anilines is 1. The first-order chi connectivity index (χ1) is 7.71. The van der Waals surface area contributed by atoms with Gasteiger partial charge in [0.25, 0.3) is 0 Å². The number of rotatable bonds is 2. The fourth-order valence-corrected chi connectivity index (χ4v) is 1.55. The van der Waals surface area contributed by atoms with E-state index in [0.29, 0.717) is 26.1 Å². The molecule has 0 atom stereocenters. The van der Waals surface area contributed by atoms with Crippen LogP contribution in [0.1, 0.15) is 12.8 Å². The summed E-state index contributed by atoms with van der Waals surface area (Å²) in [6.07, 6.45) is 4.17. The van der Waals surface area contributed by atoms with Gasteiger partial charge in [-0.05, 0) is 18.9 Å². The molecule has 0 saturated carbocycles. The molecule has 6 nitrogen and oxygen atoms in total. The highest BCUT2D eigenvalue weighted by Gasteiger charge is 2.36. The maximum Gasteiger partial charge on any atom is 0.246 e. The molecule has 1 fully saturated rings. The van der Waals surface area contributed by atoms with E-state index in [1.54, 1.807) is 18.5 Å². The summed E-state index contributed by atoms with van der Waals surface area (Å²) in [6, 6.07) is 1.68. The second-order valence-electron chi connectivity index (χ2n) is 3.80. The molecule has 16 heavy (non-hydrogen) atoms. The predicted octanol–water partition coefficient (Wildman–Crippen LogP) is -0.0770. The fraction of sp³-hybridized carbons (Fsp3) is 0.500. The van der Waals surface area contributed by atoms with Gasteiger partial charge < -0.3 is 10.5 Å². The smallest absolute Gasteiger partial charge is 0.246 e. The molecule has 0 unspecified atom stereocenters. The van der Waals surface area contributed by atoms with Crippen LogP contribution in [0.2, 0.25) is 0 Å². The first kappa shape index (κ1) is 11.0. The largest absolute Gasteiger partial charge is 0.381 e. The molecule has 1 aliphatic heterocycles. The lowest BCUT2D eigenvalue weighted by Crippen LogP contribution is -2.54. The number of amides is 1. The summed E-state index contributed by atoms with van der Waals surface area (Å²) in [4.78, 5) is 19.7. The van der Waals surface area contributed by atoms with E-state index in [1.807, 2.05) is 0 Å². The van der Waals surface area contributed by atoms with Crippen LogP contribution in [-0.4, -0.2) is 34.6 Å². The molecule has 3 N–H and O–H groups in total. The average molecular weight is 222 g/mol. The predicted molar refractivity (Wildman–Crippen MR) is 57.6 cm³/mol. The van der Waals surface area contributed by atoms with Crippen LogP contribution in [0.5, 0.6) is 0 Å². The van der Waals surface area contributed by atoms with Gasteiger partial charge in [0.2, 0.25) is 11.9 Å². The minimum absolute atomic E-state index is 0.248. The summed E-state index contributed by atoms with van der Waals surface area (Å²) < 4.78 is 5.17. The van der Waals surface area contributed by atoms with Crippen LogP contribution in [0.25, 0.3) is 0 Å². The number of aromatic nitrogens is 2. The van der Waals surface area contributed by atoms with Gasteiger partial charge in [-0.2, -0.15) is 0 Å². The van der Waals surface area contributed by atoms with Gasteiger partial charge in [-0.15, -0.1) is 0 Å². The fourth-order valence-electron chi connectivity index (χ4n) is 1.55. The molecule has 1 saturated heterocycles. The standard InChI is InChI=1S/C10H14N4O2/c11-10(2-6-16-7-3-10)8(15)14-9-12-4-1-5-13-9/h1,4-5H,2-3,6-7,11H2,(H,12,13,14,15). The molecule has 1 aliphatic rings. The van der Waals surface area contributed by atoms with Crippen LogP contribution < -0.4 is 11.1 Å². The van der Waals surface area contributed by atoms with Crippen molar-refractivity contribution in [1.29, 1.82) is 0 Å². The van der Waals surface area contributed by atoms with Crippen LogP contribution in [0.4, 0.5) is 5.95 Å². The number of carbonyl (C=O) groups is 1. The van der Waals surface area contributed by atoms with Crippen molar-refractivity contribution in [3.8, 4) is 0 Å². The molecule has 0 spiro atoms. The molecule has 0 aromatic carbocycles. The summed E-state index contributed by atoms with van der Waals surface area (Å²) in [6.45, 7) is 1.03. The van der Waals surface area contributed by atoms with Gasteiger partial charge in [0.15, 0.2) is 0 Å². The van der Waals surface area contributed by atoms with Crippen LogP contribution in [0.15, 0.2) is 18.5 Å². The third-order valence-electron chi connectivity index (χ3n) is 2.63. The van der Waals surface area contributed by atoms with Crippen LogP contribution in [0.3, 0.4) is 0 Å². The van der Waals surface area contributed by atoms with Crippen molar-refractivity contribution in [2.24, 2.45) is 5.73 Å². The lowest BCUT2D eigenvalue weighted by atomic mass is 9.90. The monoisotopic (exact) mass is 222 g/mol. The third kappa shape index (κ3) is 2.34. The molecule has 0 radical (unpaired) electrons. The highest BCUT2D eigenvalue weighted by molar-refractivity contribution is 5.96. The van der Waals surface area contributed by atoms with Crippen molar-refractivity contribution in [3.63, 3.8) is 0 Å². The lowest BCUT2D eigenvalue weighted by Gasteiger charge is -2.31. The van der Waals surface area contributed by atoms with Crippen LogP contribution in [-0.2, 0) is 9.53 Å². The molecule has 0 bridgehead atoms. The van der Waals surface area contributed by atoms with Gasteiger partial charge >= 0.3 is 0 Å². The van der Waals surface area contributed by atoms with E-state index in [4.69, 9.17) is 10.5 Å². The first-order valence-electron chi connectivity index (χ1n) is 5.16. The van der Waals surface area contributed by atoms with Crippen molar-refractivity contribution >= 4 is 11.9 Å². The molecule has 6 heteroatoms. The number of nitrogens with two attached hydrogens (primary N) is 1. The number of nitrogens with zero attached hydrogens (tertiary/aromatic N) is 2. The first-order valence-corrected chi connectivity index (χ1v) is 5.16. The van der Waals surface area contributed by atoms with Crippen molar-refractivity contribution < 1.29 is 9.53 Å². The molecule has 1 amide bonds. The lowest BCUT2D eigenvalue weighted by molar-refractivity contribution is -0.124. The van der Waals surface area contributed by atoms with Gasteiger partial charge in [0.05, 0.1) is 0 Å². The van der Waals surface area contributed by atoms with E-state index in [0.717, 1.165) is 0 Å². The topological polar surface area (TPSA) is 90.1 Å². The molecular weight excluding hydrogens is 208 g/mol. The SMILES string of the molecule is NC1(C(=O)Nc2ncccn2)CCOCC1. The van der Waals surface area contributed by atoms with Crippen LogP contribution >= 0.6 is 0 Å². The zero-order valence-corrected chi connectivity index (χ0v) is 8.85. The highest BCUT2D eigenvalue weighted by atomic mass is 16.5. The van der Waals surface area contributed by atoms with Gasteiger partial charge in [-0.3, -0.25) is 10.1 Å². The summed E-state index contributed by atoms with van der Waals surface area (Å²) in [5.41, 5.74) is 5.14. The molecule has 1 aromatic rings. The maximum absolute atomic E-state index is 11.9. The molecule has 0 aliphatic carbocycles. The molecular formula is C10H14N4O2. The Morgan fingerprint density at radius 2 is 2.00 bits per heavy atom. The normalized spacial score (nSPS) is 19.1. The Bertz CT molecular complexity index is 362. The van der Waals surface area contributed by atoms with E-state index in [-0.39, 0.29) is 11.9 Å². The Kier molecular flexibility index (Phi) is 3.12. The second-order valence-corrected chi connectivity index (χ2v) is 3.80. The summed E-state index contributed by atoms with van der Waals surface area (Å²) >= 11 is 0. The highest BCUT2D eigenvalue weighted by Crippen LogP contribution is 2.18. The van der Waals surface area contributed by atoms with E-state index >= 15 is 0 Å². The quantitative estimate of drug-likeness (QED) is 0.730. The Balaban J connectivity index is 2.02. The Morgan fingerprint density at radius 1 is 1.38 bits per heavy atom. The average Bonchev–Trinajstić information content (AvgIpc) is 2.31. The zero-order valence-electron chi connectivity index (χ0n) is 8.85. The molecule has 2 heterocycles. The van der Waals surface area contributed by atoms with Gasteiger partial charge in [-0.1, -0.05) is 0 Å². The zero-order chi connectivity index (χ0) is 11.4. The third-order valence-corrected chi connectivity index (χ3v) is 2.63. The van der Waals surface area contributed by atoms with Crippen molar-refractivity contribution in [2.75, 3.05) is 18.5 Å². The molecule has 86 valence electrons. The number of carbonyl (C=O) groups excluding carboxylic acids is 1. The van der Waals surface area contributed by atoms with Gasteiger partial charge in [0, 0.05) is 25.6 Å². The summed E-state index contributed by atoms with van der Waals surface area (Å²) in [5, 5.41) is 2.61. The number of ether oxygens (including phenoxy) is 1. The minimum Gasteiger partial charge on any atom is -0.381 e. The van der Waals surface area contributed by atoms with E-state index in [2.05, 4.69) is 15.3 Å². The number of nitrogens with one attached hydrogen (secondary N) is 1. The van der Waals surface area contributed by atoms with E-state index < -0.39 is 5.54 Å². The van der Waals surface area contributed by atoms with Crippen molar-refractivity contribution in [3.05, 3.63) is 18.5 Å². The summed E-state index contributed by atoms with van der Waals surface area (Å²) in [7, 11) is 0. The number of hydrogen-bond acceptors (Lipinski definition) is 5. The van der Waals surface area contributed by atoms with Crippen molar-refractivity contribution in [2.45, 2.75) is 18.4 Å². The van der Waals surface area contributed by atoms with E-state index in [9.17, 15) is 4.79 Å². The second kappa shape index (κ2) is 4.54. The van der Waals surface area contributed by atoms with Crippen molar-refractivity contribution in [1.82, 2.24) is 9.97 Å². The Labute approximate surface area is 93.2 Å². The van der Waals surface area contributed by atoms with Crippen LogP contribution in [0, 0.1) is 0 Å².